The second-order valence-electron chi connectivity index (χ2n) is 6.06. The molecule has 0 atom stereocenters. The van der Waals surface area contributed by atoms with Gasteiger partial charge >= 0.3 is 5.97 Å². The molecular formula is C14H20O3. The van der Waals surface area contributed by atoms with E-state index in [0.29, 0.717) is 6.42 Å². The van der Waals surface area contributed by atoms with E-state index in [1.807, 2.05) is 6.07 Å². The van der Waals surface area contributed by atoms with Gasteiger partial charge in [0.1, 0.15) is 0 Å². The number of hydrogen-bond donors (Lipinski definition) is 1. The van der Waals surface area contributed by atoms with Crippen molar-refractivity contribution in [3.05, 3.63) is 24.2 Å². The van der Waals surface area contributed by atoms with Gasteiger partial charge in [-0.3, -0.25) is 4.79 Å². The summed E-state index contributed by atoms with van der Waals surface area (Å²) < 4.78 is 5.03. The minimum absolute atomic E-state index is 0.287. The predicted octanol–water partition coefficient (Wildman–Crippen LogP) is 3.49. The van der Waals surface area contributed by atoms with Crippen molar-refractivity contribution in [3.63, 3.8) is 0 Å². The van der Waals surface area contributed by atoms with Crippen molar-refractivity contribution in [1.29, 1.82) is 0 Å². The first kappa shape index (κ1) is 12.2. The van der Waals surface area contributed by atoms with Gasteiger partial charge in [0.25, 0.3) is 0 Å². The Morgan fingerprint density at radius 2 is 2.00 bits per heavy atom. The third kappa shape index (κ3) is 2.54. The van der Waals surface area contributed by atoms with Crippen LogP contribution < -0.4 is 0 Å². The molecule has 1 aliphatic carbocycles. The summed E-state index contributed by atoms with van der Waals surface area (Å²) in [6, 6.07) is 1.87. The fraction of sp³-hybridized carbons (Fsp3) is 0.643. The Kier molecular flexibility index (Phi) is 3.02. The molecule has 0 spiro atoms. The third-order valence-corrected chi connectivity index (χ3v) is 4.14. The Labute approximate surface area is 102 Å². The molecule has 17 heavy (non-hydrogen) atoms. The summed E-state index contributed by atoms with van der Waals surface area (Å²) in [4.78, 5) is 11.6. The normalized spacial score (nSPS) is 22.2. The number of carboxylic acids is 1. The molecule has 3 heteroatoms. The zero-order valence-corrected chi connectivity index (χ0v) is 10.5. The van der Waals surface area contributed by atoms with Crippen LogP contribution in [0.25, 0.3) is 0 Å². The lowest BCUT2D eigenvalue weighted by Crippen LogP contribution is -2.39. The van der Waals surface area contributed by atoms with Crippen LogP contribution in [0.5, 0.6) is 0 Å². The van der Waals surface area contributed by atoms with Gasteiger partial charge in [-0.05, 0) is 49.1 Å². The fourth-order valence-corrected chi connectivity index (χ4v) is 2.66. The maximum Gasteiger partial charge on any atom is 0.309 e. The van der Waals surface area contributed by atoms with E-state index in [4.69, 9.17) is 4.42 Å². The van der Waals surface area contributed by atoms with Crippen LogP contribution in [0.15, 0.2) is 23.0 Å². The van der Waals surface area contributed by atoms with E-state index in [0.717, 1.165) is 31.2 Å². The lowest BCUT2D eigenvalue weighted by atomic mass is 9.63. The Bertz CT molecular complexity index is 380. The monoisotopic (exact) mass is 236 g/mol. The molecule has 0 saturated heterocycles. The topological polar surface area (TPSA) is 50.4 Å². The Hall–Kier alpha value is -1.25. The van der Waals surface area contributed by atoms with Crippen LogP contribution in [-0.2, 0) is 11.2 Å². The van der Waals surface area contributed by atoms with Gasteiger partial charge < -0.3 is 9.52 Å². The Morgan fingerprint density at radius 3 is 2.47 bits per heavy atom. The summed E-state index contributed by atoms with van der Waals surface area (Å²) in [5.74, 6) is -0.658. The minimum Gasteiger partial charge on any atom is -0.481 e. The summed E-state index contributed by atoms with van der Waals surface area (Å²) in [7, 11) is 0. The van der Waals surface area contributed by atoms with E-state index in [1.165, 1.54) is 0 Å². The van der Waals surface area contributed by atoms with Gasteiger partial charge in [-0.25, -0.2) is 0 Å². The molecule has 0 aliphatic heterocycles. The molecule has 1 aliphatic rings. The van der Waals surface area contributed by atoms with E-state index in [-0.39, 0.29) is 5.41 Å². The van der Waals surface area contributed by atoms with E-state index in [1.54, 1.807) is 12.5 Å². The van der Waals surface area contributed by atoms with Crippen LogP contribution in [0.1, 0.15) is 45.1 Å². The third-order valence-electron chi connectivity index (χ3n) is 4.14. The quantitative estimate of drug-likeness (QED) is 0.873. The summed E-state index contributed by atoms with van der Waals surface area (Å²) >= 11 is 0. The second-order valence-corrected chi connectivity index (χ2v) is 6.06. The molecule has 0 aromatic carbocycles. The van der Waals surface area contributed by atoms with Crippen molar-refractivity contribution < 1.29 is 14.3 Å². The summed E-state index contributed by atoms with van der Waals surface area (Å²) in [6.07, 6.45) is 7.35. The number of furan rings is 1. The molecule has 3 nitrogen and oxygen atoms in total. The highest BCUT2D eigenvalue weighted by atomic mass is 16.4. The van der Waals surface area contributed by atoms with Gasteiger partial charge in [-0.2, -0.15) is 0 Å². The van der Waals surface area contributed by atoms with Gasteiger partial charge in [0.05, 0.1) is 17.9 Å². The van der Waals surface area contributed by atoms with E-state index in [2.05, 4.69) is 13.8 Å². The minimum atomic E-state index is -0.658. The first-order chi connectivity index (χ1) is 7.94. The summed E-state index contributed by atoms with van der Waals surface area (Å²) in [5.41, 5.74) is 0.696. The molecule has 0 unspecified atom stereocenters. The smallest absolute Gasteiger partial charge is 0.309 e. The van der Waals surface area contributed by atoms with Crippen LogP contribution >= 0.6 is 0 Å². The summed E-state index contributed by atoms with van der Waals surface area (Å²) in [5, 5.41) is 9.53. The highest BCUT2D eigenvalue weighted by molar-refractivity contribution is 5.75. The van der Waals surface area contributed by atoms with E-state index < -0.39 is 11.4 Å². The van der Waals surface area contributed by atoms with Gasteiger partial charge in [0.15, 0.2) is 0 Å². The van der Waals surface area contributed by atoms with Crippen LogP contribution in [0.4, 0.5) is 0 Å². The Morgan fingerprint density at radius 1 is 1.35 bits per heavy atom. The van der Waals surface area contributed by atoms with Crippen LogP contribution in [-0.4, -0.2) is 11.1 Å². The van der Waals surface area contributed by atoms with Gasteiger partial charge in [0, 0.05) is 0 Å². The average molecular weight is 236 g/mol. The van der Waals surface area contributed by atoms with Crippen molar-refractivity contribution in [1.82, 2.24) is 0 Å². The fourth-order valence-electron chi connectivity index (χ4n) is 2.66. The largest absolute Gasteiger partial charge is 0.481 e. The van der Waals surface area contributed by atoms with Crippen molar-refractivity contribution in [2.24, 2.45) is 10.8 Å². The van der Waals surface area contributed by atoms with Gasteiger partial charge in [-0.1, -0.05) is 13.8 Å². The van der Waals surface area contributed by atoms with Crippen LogP contribution in [0.3, 0.4) is 0 Å². The zero-order chi connectivity index (χ0) is 12.5. The van der Waals surface area contributed by atoms with Gasteiger partial charge in [-0.15, -0.1) is 0 Å². The highest BCUT2D eigenvalue weighted by Gasteiger charge is 2.44. The van der Waals surface area contributed by atoms with E-state index >= 15 is 0 Å². The number of carbonyl (C=O) groups is 1. The van der Waals surface area contributed by atoms with Crippen molar-refractivity contribution >= 4 is 5.97 Å². The molecule has 1 aromatic heterocycles. The van der Waals surface area contributed by atoms with Crippen LogP contribution in [0.2, 0.25) is 0 Å². The number of rotatable bonds is 3. The second kappa shape index (κ2) is 4.21. The number of carboxylic acid groups (broad SMARTS) is 1. The lowest BCUT2D eigenvalue weighted by Gasteiger charge is -2.40. The van der Waals surface area contributed by atoms with E-state index in [9.17, 15) is 9.90 Å². The molecule has 94 valence electrons. The van der Waals surface area contributed by atoms with Crippen LogP contribution in [0, 0.1) is 10.8 Å². The lowest BCUT2D eigenvalue weighted by molar-refractivity contribution is -0.152. The highest BCUT2D eigenvalue weighted by Crippen LogP contribution is 2.46. The average Bonchev–Trinajstić information content (AvgIpc) is 2.74. The molecule has 1 aromatic rings. The van der Waals surface area contributed by atoms with Gasteiger partial charge in [0.2, 0.25) is 0 Å². The molecule has 1 saturated carbocycles. The first-order valence-electron chi connectivity index (χ1n) is 6.18. The molecule has 1 heterocycles. The van der Waals surface area contributed by atoms with Crippen molar-refractivity contribution in [2.45, 2.75) is 46.0 Å². The maximum atomic E-state index is 11.6. The summed E-state index contributed by atoms with van der Waals surface area (Å²) in [6.45, 7) is 4.44. The zero-order valence-electron chi connectivity index (χ0n) is 10.5. The van der Waals surface area contributed by atoms with Crippen molar-refractivity contribution in [2.75, 3.05) is 0 Å². The standard InChI is InChI=1S/C14H20O3/c1-13(2)4-6-14(7-5-13,12(15)16)9-11-3-8-17-10-11/h3,8,10H,4-7,9H2,1-2H3,(H,15,16). The molecule has 0 radical (unpaired) electrons. The molecule has 2 rings (SSSR count). The molecule has 0 amide bonds. The molecule has 1 N–H and O–H groups in total. The number of hydrogen-bond acceptors (Lipinski definition) is 2. The molecule has 1 fully saturated rings. The maximum absolute atomic E-state index is 11.6. The SMILES string of the molecule is CC1(C)CCC(Cc2ccoc2)(C(=O)O)CC1. The molecular weight excluding hydrogens is 216 g/mol. The Balaban J connectivity index is 2.15. The molecule has 0 bridgehead atoms. The predicted molar refractivity (Wildman–Crippen MR) is 64.7 cm³/mol. The number of aliphatic carboxylic acids is 1. The van der Waals surface area contributed by atoms with Crippen molar-refractivity contribution in [3.8, 4) is 0 Å². The first-order valence-corrected chi connectivity index (χ1v) is 6.18.